The number of aromatic nitrogens is 1. The molecule has 0 saturated carbocycles. The van der Waals surface area contributed by atoms with E-state index in [0.29, 0.717) is 12.4 Å². The Kier molecular flexibility index (Phi) is 4.67. The lowest BCUT2D eigenvalue weighted by atomic mass is 9.99. The minimum atomic E-state index is -0.993. The Morgan fingerprint density at radius 3 is 2.80 bits per heavy atom. The Morgan fingerprint density at radius 2 is 2.00 bits per heavy atom. The van der Waals surface area contributed by atoms with Gasteiger partial charge in [-0.3, -0.25) is 0 Å². The highest BCUT2D eigenvalue weighted by molar-refractivity contribution is 5.83. The van der Waals surface area contributed by atoms with Crippen LogP contribution >= 0.6 is 0 Å². The number of morpholine rings is 1. The van der Waals surface area contributed by atoms with Gasteiger partial charge < -0.3 is 24.2 Å². The number of hydrogen-bond acceptors (Lipinski definition) is 5. The second kappa shape index (κ2) is 7.50. The first kappa shape index (κ1) is 18.7. The maximum Gasteiger partial charge on any atom is 0.341 e. The third kappa shape index (κ3) is 3.31. The first-order valence-electron chi connectivity index (χ1n) is 10.0. The molecule has 0 unspecified atom stereocenters. The van der Waals surface area contributed by atoms with Gasteiger partial charge in [0, 0.05) is 30.9 Å². The second-order valence-electron chi connectivity index (χ2n) is 7.55. The number of fused-ring (bicyclic) bond motifs is 4. The summed E-state index contributed by atoms with van der Waals surface area (Å²) in [4.78, 5) is 13.1. The highest BCUT2D eigenvalue weighted by atomic mass is 16.5. The van der Waals surface area contributed by atoms with E-state index in [2.05, 4.69) is 33.7 Å². The molecule has 3 heterocycles. The van der Waals surface area contributed by atoms with Gasteiger partial charge in [0.2, 0.25) is 11.2 Å². The maximum atomic E-state index is 10.8. The Hall–Kier alpha value is -3.32. The van der Waals surface area contributed by atoms with Crippen molar-refractivity contribution in [1.82, 2.24) is 0 Å². The van der Waals surface area contributed by atoms with Gasteiger partial charge in [-0.05, 0) is 30.3 Å². The van der Waals surface area contributed by atoms with E-state index < -0.39 is 5.97 Å². The third-order valence-electron chi connectivity index (χ3n) is 5.67. The van der Waals surface area contributed by atoms with E-state index in [4.69, 9.17) is 19.3 Å². The Labute approximate surface area is 174 Å². The summed E-state index contributed by atoms with van der Waals surface area (Å²) in [6, 6.07) is 14.1. The molecular weight excluding hydrogens is 384 g/mol. The van der Waals surface area contributed by atoms with E-state index in [1.54, 1.807) is 6.07 Å². The van der Waals surface area contributed by atoms with Crippen molar-refractivity contribution >= 4 is 22.6 Å². The molecule has 0 spiro atoms. The molecule has 5 rings (SSSR count). The summed E-state index contributed by atoms with van der Waals surface area (Å²) >= 11 is 0. The quantitative estimate of drug-likeness (QED) is 0.670. The van der Waals surface area contributed by atoms with Crippen LogP contribution in [0, 0.1) is 0 Å². The summed E-state index contributed by atoms with van der Waals surface area (Å²) in [5.41, 5.74) is 5.50. The van der Waals surface area contributed by atoms with Crippen molar-refractivity contribution in [2.45, 2.75) is 6.61 Å². The smallest absolute Gasteiger partial charge is 0.341 e. The van der Waals surface area contributed by atoms with E-state index in [9.17, 15) is 4.79 Å². The molecule has 7 nitrogen and oxygen atoms in total. The predicted octanol–water partition coefficient (Wildman–Crippen LogP) is 2.52. The molecule has 1 fully saturated rings. The van der Waals surface area contributed by atoms with Crippen LogP contribution in [-0.2, 0) is 23.2 Å². The number of carboxylic acid groups (broad SMARTS) is 1. The monoisotopic (exact) mass is 407 g/mol. The molecule has 2 aliphatic heterocycles. The van der Waals surface area contributed by atoms with Crippen LogP contribution in [0.25, 0.3) is 22.2 Å². The molecule has 3 aromatic rings. The van der Waals surface area contributed by atoms with Crippen molar-refractivity contribution in [3.63, 3.8) is 0 Å². The van der Waals surface area contributed by atoms with Crippen LogP contribution in [0.2, 0.25) is 0 Å². The van der Waals surface area contributed by atoms with Crippen LogP contribution in [0.4, 0.5) is 5.69 Å². The number of nitrogens with zero attached hydrogens (tertiary/aromatic N) is 2. The summed E-state index contributed by atoms with van der Waals surface area (Å²) in [7, 11) is 2.05. The molecule has 0 atom stereocenters. The van der Waals surface area contributed by atoms with Gasteiger partial charge >= 0.3 is 5.97 Å². The van der Waals surface area contributed by atoms with E-state index in [-0.39, 0.29) is 6.61 Å². The lowest BCUT2D eigenvalue weighted by Crippen LogP contribution is -2.36. The summed E-state index contributed by atoms with van der Waals surface area (Å²) < 4.78 is 19.1. The number of rotatable bonds is 4. The van der Waals surface area contributed by atoms with Gasteiger partial charge in [-0.15, -0.1) is 0 Å². The van der Waals surface area contributed by atoms with Gasteiger partial charge in [0.05, 0.1) is 29.7 Å². The van der Waals surface area contributed by atoms with E-state index in [1.807, 2.05) is 19.2 Å². The van der Waals surface area contributed by atoms with E-state index in [0.717, 1.165) is 65.5 Å². The van der Waals surface area contributed by atoms with Crippen molar-refractivity contribution in [2.75, 3.05) is 37.8 Å². The van der Waals surface area contributed by atoms with Gasteiger partial charge in [-0.2, -0.15) is 4.57 Å². The molecule has 1 N–H and O–H groups in total. The fraction of sp³-hybridized carbons (Fsp3) is 0.304. The van der Waals surface area contributed by atoms with Gasteiger partial charge in [-0.25, -0.2) is 4.79 Å². The molecule has 7 heteroatoms. The molecule has 154 valence electrons. The molecule has 2 aromatic carbocycles. The number of carbonyl (C=O) groups is 1. The lowest BCUT2D eigenvalue weighted by molar-refractivity contribution is -0.634. The molecule has 1 saturated heterocycles. The molecule has 2 aliphatic rings. The average Bonchev–Trinajstić information content (AvgIpc) is 2.77. The van der Waals surface area contributed by atoms with Crippen LogP contribution in [0.5, 0.6) is 11.5 Å². The van der Waals surface area contributed by atoms with Crippen LogP contribution in [-0.4, -0.2) is 44.0 Å². The van der Waals surface area contributed by atoms with Crippen molar-refractivity contribution in [3.8, 4) is 22.8 Å². The molecule has 0 bridgehead atoms. The molecule has 1 aromatic heterocycles. The minimum Gasteiger partial charge on any atom is -0.488 e. The topological polar surface area (TPSA) is 72.1 Å². The Morgan fingerprint density at radius 1 is 1.17 bits per heavy atom. The van der Waals surface area contributed by atoms with Crippen LogP contribution in [0.1, 0.15) is 5.56 Å². The molecular formula is C23H23N2O5+. The SMILES string of the molecule is C[n+]1c2c(cc3cc(OCC(=O)O)ccc31)COc1cc(N3CCOCC3)ccc1-2. The first-order chi connectivity index (χ1) is 14.6. The number of benzene rings is 2. The fourth-order valence-corrected chi connectivity index (χ4v) is 4.24. The average molecular weight is 407 g/mol. The van der Waals surface area contributed by atoms with Gasteiger partial charge in [0.1, 0.15) is 25.2 Å². The predicted molar refractivity (Wildman–Crippen MR) is 111 cm³/mol. The normalized spacial score (nSPS) is 15.3. The number of anilines is 1. The molecule has 30 heavy (non-hydrogen) atoms. The number of hydrogen-bond donors (Lipinski definition) is 1. The van der Waals surface area contributed by atoms with Crippen molar-refractivity contribution in [2.24, 2.45) is 7.05 Å². The zero-order valence-corrected chi connectivity index (χ0v) is 16.8. The highest BCUT2D eigenvalue weighted by Gasteiger charge is 2.28. The minimum absolute atomic E-state index is 0.357. The van der Waals surface area contributed by atoms with Crippen molar-refractivity contribution in [3.05, 3.63) is 48.0 Å². The number of carboxylic acids is 1. The van der Waals surface area contributed by atoms with Crippen molar-refractivity contribution in [1.29, 1.82) is 0 Å². The standard InChI is InChI=1S/C23H22N2O5/c1-24-20-5-3-18(29-14-22(26)27)11-15(20)10-16-13-30-21-12-17(2-4-19(21)23(16)24)25-6-8-28-9-7-25/h2-5,10-12H,6-9,13-14H2,1H3/p+1. The largest absolute Gasteiger partial charge is 0.488 e. The van der Waals surface area contributed by atoms with Crippen LogP contribution < -0.4 is 18.9 Å². The third-order valence-corrected chi connectivity index (χ3v) is 5.67. The van der Waals surface area contributed by atoms with Gasteiger partial charge in [0.25, 0.3) is 0 Å². The number of aliphatic carboxylic acids is 1. The fourth-order valence-electron chi connectivity index (χ4n) is 4.24. The summed E-state index contributed by atoms with van der Waals surface area (Å²) in [6.45, 7) is 3.41. The number of pyridine rings is 1. The maximum absolute atomic E-state index is 10.8. The number of ether oxygens (including phenoxy) is 3. The molecule has 0 radical (unpaired) electrons. The molecule has 0 amide bonds. The van der Waals surface area contributed by atoms with Crippen molar-refractivity contribution < 1.29 is 28.7 Å². The zero-order valence-electron chi connectivity index (χ0n) is 16.8. The summed E-state index contributed by atoms with van der Waals surface area (Å²) in [5.74, 6) is 0.438. The van der Waals surface area contributed by atoms with E-state index in [1.165, 1.54) is 0 Å². The number of aryl methyl sites for hydroxylation is 1. The van der Waals surface area contributed by atoms with Gasteiger partial charge in [-0.1, -0.05) is 0 Å². The van der Waals surface area contributed by atoms with Crippen LogP contribution in [0.15, 0.2) is 42.5 Å². The van der Waals surface area contributed by atoms with Gasteiger partial charge in [0.15, 0.2) is 6.61 Å². The van der Waals surface area contributed by atoms with E-state index >= 15 is 0 Å². The Balaban J connectivity index is 1.53. The lowest BCUT2D eigenvalue weighted by Gasteiger charge is -2.30. The van der Waals surface area contributed by atoms with Crippen LogP contribution in [0.3, 0.4) is 0 Å². The zero-order chi connectivity index (χ0) is 20.7. The second-order valence-corrected chi connectivity index (χ2v) is 7.55. The summed E-state index contributed by atoms with van der Waals surface area (Å²) in [5, 5.41) is 9.81. The highest BCUT2D eigenvalue weighted by Crippen LogP contribution is 2.39. The molecule has 0 aliphatic carbocycles. The first-order valence-corrected chi connectivity index (χ1v) is 10.0. The Bertz CT molecular complexity index is 1140. The summed E-state index contributed by atoms with van der Waals surface area (Å²) in [6.07, 6.45) is 0.